The summed E-state index contributed by atoms with van der Waals surface area (Å²) in [5, 5.41) is 6.79. The molecule has 3 aromatic rings. The summed E-state index contributed by atoms with van der Waals surface area (Å²) in [5.41, 5.74) is 6.97. The van der Waals surface area contributed by atoms with Crippen molar-refractivity contribution in [2.24, 2.45) is 5.10 Å². The molecule has 0 radical (unpaired) electrons. The van der Waals surface area contributed by atoms with Gasteiger partial charge in [0.2, 0.25) is 0 Å². The van der Waals surface area contributed by atoms with Crippen LogP contribution in [0.4, 0.5) is 5.69 Å². The highest BCUT2D eigenvalue weighted by Gasteiger charge is 2.14. The Hall–Kier alpha value is -4.19. The van der Waals surface area contributed by atoms with Crippen LogP contribution in [0, 0.1) is 0 Å². The molecule has 0 unspecified atom stereocenters. The van der Waals surface area contributed by atoms with E-state index in [0.717, 1.165) is 16.8 Å². The van der Waals surface area contributed by atoms with E-state index in [0.29, 0.717) is 11.5 Å². The van der Waals surface area contributed by atoms with E-state index in [4.69, 9.17) is 0 Å². The summed E-state index contributed by atoms with van der Waals surface area (Å²) in [5.74, 6) is -0.449. The average Bonchev–Trinajstić information content (AvgIpc) is 2.84. The maximum Gasteiger partial charge on any atom is 0.287 e. The number of hydrogen-bond acceptors (Lipinski definition) is 4. The van der Waals surface area contributed by atoms with E-state index in [-0.39, 0.29) is 11.6 Å². The second kappa shape index (κ2) is 11.6. The van der Waals surface area contributed by atoms with Crippen molar-refractivity contribution in [1.82, 2.24) is 10.7 Å². The lowest BCUT2D eigenvalue weighted by molar-refractivity contribution is -0.117. The van der Waals surface area contributed by atoms with Gasteiger partial charge in [-0.1, -0.05) is 68.4 Å². The minimum atomic E-state index is -0.518. The first-order chi connectivity index (χ1) is 16.3. The Labute approximate surface area is 201 Å². The highest BCUT2D eigenvalue weighted by molar-refractivity contribution is 6.05. The Morgan fingerprint density at radius 2 is 1.47 bits per heavy atom. The third-order valence-electron chi connectivity index (χ3n) is 5.23. The van der Waals surface area contributed by atoms with Crippen molar-refractivity contribution >= 4 is 29.8 Å². The van der Waals surface area contributed by atoms with Crippen LogP contribution in [0.1, 0.15) is 46.8 Å². The van der Waals surface area contributed by atoms with E-state index in [1.54, 1.807) is 36.6 Å². The summed E-state index contributed by atoms with van der Waals surface area (Å²) in [7, 11) is 3.91. The molecule has 0 aliphatic carbocycles. The number of benzene rings is 3. The van der Waals surface area contributed by atoms with Crippen LogP contribution in [0.25, 0.3) is 6.08 Å². The number of nitrogens with zero attached hydrogens (tertiary/aromatic N) is 2. The van der Waals surface area contributed by atoms with Crippen LogP contribution in [0.2, 0.25) is 0 Å². The lowest BCUT2D eigenvalue weighted by Crippen LogP contribution is -2.32. The monoisotopic (exact) mass is 454 g/mol. The molecule has 0 saturated carbocycles. The molecular formula is C28H30N4O2. The van der Waals surface area contributed by atoms with E-state index < -0.39 is 5.91 Å². The first-order valence-electron chi connectivity index (χ1n) is 11.1. The summed E-state index contributed by atoms with van der Waals surface area (Å²) in [4.78, 5) is 27.6. The summed E-state index contributed by atoms with van der Waals surface area (Å²) in [6, 6.07) is 24.4. The van der Waals surface area contributed by atoms with Gasteiger partial charge in [0.05, 0.1) is 6.21 Å². The van der Waals surface area contributed by atoms with Gasteiger partial charge in [0.1, 0.15) is 5.70 Å². The van der Waals surface area contributed by atoms with Gasteiger partial charge in [0, 0.05) is 25.3 Å². The summed E-state index contributed by atoms with van der Waals surface area (Å²) >= 11 is 0. The first-order valence-corrected chi connectivity index (χ1v) is 11.1. The molecule has 0 heterocycles. The van der Waals surface area contributed by atoms with Crippen molar-refractivity contribution < 1.29 is 9.59 Å². The summed E-state index contributed by atoms with van der Waals surface area (Å²) in [6.45, 7) is 4.27. The Bertz CT molecular complexity index is 1160. The molecule has 6 nitrogen and oxygen atoms in total. The molecule has 0 bridgehead atoms. The third-order valence-corrected chi connectivity index (χ3v) is 5.23. The predicted molar refractivity (Wildman–Crippen MR) is 139 cm³/mol. The summed E-state index contributed by atoms with van der Waals surface area (Å²) < 4.78 is 0. The van der Waals surface area contributed by atoms with Crippen LogP contribution >= 0.6 is 0 Å². The van der Waals surface area contributed by atoms with E-state index in [1.807, 2.05) is 73.6 Å². The Balaban J connectivity index is 1.78. The van der Waals surface area contributed by atoms with Gasteiger partial charge in [-0.25, -0.2) is 5.43 Å². The van der Waals surface area contributed by atoms with Gasteiger partial charge in [0.25, 0.3) is 11.8 Å². The fourth-order valence-corrected chi connectivity index (χ4v) is 3.17. The zero-order valence-electron chi connectivity index (χ0n) is 19.9. The minimum absolute atomic E-state index is 0.0961. The lowest BCUT2D eigenvalue weighted by Gasteiger charge is -2.12. The summed E-state index contributed by atoms with van der Waals surface area (Å²) in [6.07, 6.45) is 3.20. The maximum atomic E-state index is 12.9. The topological polar surface area (TPSA) is 73.8 Å². The largest absolute Gasteiger partial charge is 0.378 e. The zero-order chi connectivity index (χ0) is 24.5. The number of anilines is 1. The fraction of sp³-hybridized carbons (Fsp3) is 0.179. The van der Waals surface area contributed by atoms with Crippen LogP contribution in [0.3, 0.4) is 0 Å². The van der Waals surface area contributed by atoms with Gasteiger partial charge in [0.15, 0.2) is 0 Å². The Morgan fingerprint density at radius 3 is 2.06 bits per heavy atom. The molecule has 2 N–H and O–H groups in total. The number of hydrazone groups is 1. The number of amides is 2. The van der Waals surface area contributed by atoms with Crippen LogP contribution in [0.5, 0.6) is 0 Å². The van der Waals surface area contributed by atoms with Gasteiger partial charge >= 0.3 is 0 Å². The molecule has 0 aliphatic rings. The van der Waals surface area contributed by atoms with Crippen molar-refractivity contribution in [3.05, 3.63) is 107 Å². The molecule has 34 heavy (non-hydrogen) atoms. The van der Waals surface area contributed by atoms with Crippen molar-refractivity contribution in [1.29, 1.82) is 0 Å². The van der Waals surface area contributed by atoms with E-state index in [1.165, 1.54) is 5.56 Å². The highest BCUT2D eigenvalue weighted by atomic mass is 16.2. The van der Waals surface area contributed by atoms with Crippen LogP contribution in [-0.2, 0) is 4.79 Å². The van der Waals surface area contributed by atoms with Gasteiger partial charge in [-0.2, -0.15) is 5.10 Å². The molecule has 6 heteroatoms. The Morgan fingerprint density at radius 1 is 0.853 bits per heavy atom. The predicted octanol–water partition coefficient (Wildman–Crippen LogP) is 4.80. The molecule has 0 fully saturated rings. The van der Waals surface area contributed by atoms with E-state index in [9.17, 15) is 9.59 Å². The molecule has 0 aromatic heterocycles. The number of rotatable bonds is 8. The first kappa shape index (κ1) is 24.5. The molecule has 3 rings (SSSR count). The van der Waals surface area contributed by atoms with E-state index >= 15 is 0 Å². The standard InChI is InChI=1S/C28H30N4O2/c1-20(2)23-14-10-22(11-15-23)19-29-31-28(34)26(30-27(33)24-8-6-5-7-9-24)18-21-12-16-25(17-13-21)32(3)4/h5-20H,1-4H3,(H,30,33)(H,31,34)/b26-18+,29-19+. The smallest absolute Gasteiger partial charge is 0.287 e. The van der Waals surface area contributed by atoms with Crippen molar-refractivity contribution in [3.8, 4) is 0 Å². The second-order valence-electron chi connectivity index (χ2n) is 8.38. The second-order valence-corrected chi connectivity index (χ2v) is 8.38. The third kappa shape index (κ3) is 6.90. The highest BCUT2D eigenvalue weighted by Crippen LogP contribution is 2.15. The van der Waals surface area contributed by atoms with Crippen LogP contribution in [-0.4, -0.2) is 32.1 Å². The number of nitrogens with one attached hydrogen (secondary N) is 2. The number of carbonyl (C=O) groups excluding carboxylic acids is 2. The van der Waals surface area contributed by atoms with Crippen molar-refractivity contribution in [3.63, 3.8) is 0 Å². The van der Waals surface area contributed by atoms with Crippen LogP contribution in [0.15, 0.2) is 89.7 Å². The molecular weight excluding hydrogens is 424 g/mol. The van der Waals surface area contributed by atoms with Gasteiger partial charge in [-0.05, 0) is 52.9 Å². The number of hydrogen-bond donors (Lipinski definition) is 2. The molecule has 3 aromatic carbocycles. The normalized spacial score (nSPS) is 11.5. The number of carbonyl (C=O) groups is 2. The maximum absolute atomic E-state index is 12.9. The lowest BCUT2D eigenvalue weighted by atomic mass is 10.0. The zero-order valence-corrected chi connectivity index (χ0v) is 19.9. The van der Waals surface area contributed by atoms with Gasteiger partial charge in [-0.3, -0.25) is 9.59 Å². The average molecular weight is 455 g/mol. The molecule has 0 atom stereocenters. The van der Waals surface area contributed by atoms with Crippen LogP contribution < -0.4 is 15.6 Å². The quantitative estimate of drug-likeness (QED) is 0.292. The molecule has 0 aliphatic heterocycles. The molecule has 0 saturated heterocycles. The fourth-order valence-electron chi connectivity index (χ4n) is 3.17. The van der Waals surface area contributed by atoms with E-state index in [2.05, 4.69) is 29.7 Å². The van der Waals surface area contributed by atoms with Crippen molar-refractivity contribution in [2.75, 3.05) is 19.0 Å². The van der Waals surface area contributed by atoms with Gasteiger partial charge < -0.3 is 10.2 Å². The SMILES string of the molecule is CC(C)c1ccc(/C=N/NC(=O)/C(=C\c2ccc(N(C)C)cc2)NC(=O)c2ccccc2)cc1. The Kier molecular flexibility index (Phi) is 8.35. The minimum Gasteiger partial charge on any atom is -0.378 e. The van der Waals surface area contributed by atoms with Crippen molar-refractivity contribution in [2.45, 2.75) is 19.8 Å². The molecule has 0 spiro atoms. The van der Waals surface area contributed by atoms with Gasteiger partial charge in [-0.15, -0.1) is 0 Å². The molecule has 2 amide bonds. The molecule has 174 valence electrons.